The van der Waals surface area contributed by atoms with Crippen LogP contribution in [0.4, 0.5) is 23.5 Å². The minimum atomic E-state index is -4.13. The van der Waals surface area contributed by atoms with E-state index in [0.29, 0.717) is 0 Å². The van der Waals surface area contributed by atoms with Crippen LogP contribution in [0.3, 0.4) is 0 Å². The van der Waals surface area contributed by atoms with E-state index in [0.717, 1.165) is 12.4 Å². The van der Waals surface area contributed by atoms with Crippen molar-refractivity contribution < 1.29 is 17.6 Å². The van der Waals surface area contributed by atoms with Crippen molar-refractivity contribution in [2.75, 3.05) is 18.0 Å². The molecule has 0 saturated carbocycles. The highest BCUT2D eigenvalue weighted by molar-refractivity contribution is 5.29. The first-order valence-electron chi connectivity index (χ1n) is 5.26. The Hall–Kier alpha value is -1.40. The lowest BCUT2D eigenvalue weighted by Crippen LogP contribution is -2.39. The minimum absolute atomic E-state index is 0.0320. The van der Waals surface area contributed by atoms with Crippen LogP contribution in [0, 0.1) is 11.7 Å². The van der Waals surface area contributed by atoms with Gasteiger partial charge in [-0.15, -0.1) is 0 Å². The Kier molecular flexibility index (Phi) is 3.17. The summed E-state index contributed by atoms with van der Waals surface area (Å²) < 4.78 is 49.9. The van der Waals surface area contributed by atoms with Gasteiger partial charge in [0.15, 0.2) is 5.82 Å². The number of piperidine rings is 1. The number of hydrogen-bond donors (Lipinski definition) is 0. The summed E-state index contributed by atoms with van der Waals surface area (Å²) in [7, 11) is 0. The monoisotopic (exact) mass is 249 g/mol. The molecule has 0 aromatic carbocycles. The predicted molar refractivity (Wildman–Crippen MR) is 53.0 cm³/mol. The molecule has 0 atom stereocenters. The smallest absolute Gasteiger partial charge is 0.341 e. The van der Waals surface area contributed by atoms with E-state index in [9.17, 15) is 17.6 Å². The van der Waals surface area contributed by atoms with Gasteiger partial charge in [-0.3, -0.25) is 0 Å². The van der Waals surface area contributed by atoms with E-state index in [1.165, 1.54) is 0 Å². The fourth-order valence-electron chi connectivity index (χ4n) is 1.88. The zero-order chi connectivity index (χ0) is 12.5. The first kappa shape index (κ1) is 12.1. The standard InChI is InChI=1S/C10H11F4N3/c11-8-5-15-9(16-6-8)17-3-1-7(2-4-17)10(12,13)14/h5-7H,1-4H2. The van der Waals surface area contributed by atoms with Crippen molar-refractivity contribution in [3.63, 3.8) is 0 Å². The van der Waals surface area contributed by atoms with Crippen LogP contribution in [0.2, 0.25) is 0 Å². The number of halogens is 4. The summed E-state index contributed by atoms with van der Waals surface area (Å²) in [6, 6.07) is 0. The normalized spacial score (nSPS) is 18.5. The zero-order valence-corrected chi connectivity index (χ0v) is 8.91. The van der Waals surface area contributed by atoms with Crippen molar-refractivity contribution in [1.29, 1.82) is 0 Å². The van der Waals surface area contributed by atoms with Crippen LogP contribution in [0.1, 0.15) is 12.8 Å². The van der Waals surface area contributed by atoms with Gasteiger partial charge in [0.1, 0.15) is 0 Å². The highest BCUT2D eigenvalue weighted by atomic mass is 19.4. The predicted octanol–water partition coefficient (Wildman–Crippen LogP) is 2.39. The molecule has 94 valence electrons. The first-order valence-corrected chi connectivity index (χ1v) is 5.26. The average Bonchev–Trinajstić information content (AvgIpc) is 2.29. The summed E-state index contributed by atoms with van der Waals surface area (Å²) >= 11 is 0. The second-order valence-corrected chi connectivity index (χ2v) is 4.00. The van der Waals surface area contributed by atoms with Crippen molar-refractivity contribution in [3.05, 3.63) is 18.2 Å². The molecule has 3 nitrogen and oxygen atoms in total. The van der Waals surface area contributed by atoms with E-state index in [1.807, 2.05) is 0 Å². The van der Waals surface area contributed by atoms with Crippen LogP contribution in [0.15, 0.2) is 12.4 Å². The lowest BCUT2D eigenvalue weighted by atomic mass is 9.96. The maximum atomic E-state index is 12.6. The van der Waals surface area contributed by atoms with Crippen molar-refractivity contribution >= 4 is 5.95 Å². The van der Waals surface area contributed by atoms with Gasteiger partial charge in [0.05, 0.1) is 18.3 Å². The lowest BCUT2D eigenvalue weighted by molar-refractivity contribution is -0.179. The third-order valence-corrected chi connectivity index (χ3v) is 2.85. The molecule has 1 aromatic heterocycles. The fourth-order valence-corrected chi connectivity index (χ4v) is 1.88. The number of nitrogens with zero attached hydrogens (tertiary/aromatic N) is 3. The van der Waals surface area contributed by atoms with Gasteiger partial charge in [0, 0.05) is 13.1 Å². The molecule has 2 heterocycles. The maximum absolute atomic E-state index is 12.6. The highest BCUT2D eigenvalue weighted by Crippen LogP contribution is 2.34. The summed E-state index contributed by atoms with van der Waals surface area (Å²) in [6.07, 6.45) is -2.04. The van der Waals surface area contributed by atoms with Crippen molar-refractivity contribution in [3.8, 4) is 0 Å². The second-order valence-electron chi connectivity index (χ2n) is 4.00. The summed E-state index contributed by atoms with van der Waals surface area (Å²) in [5.74, 6) is -1.52. The molecule has 17 heavy (non-hydrogen) atoms. The highest BCUT2D eigenvalue weighted by Gasteiger charge is 2.41. The van der Waals surface area contributed by atoms with E-state index in [1.54, 1.807) is 4.90 Å². The lowest BCUT2D eigenvalue weighted by Gasteiger charge is -2.32. The molecular formula is C10H11F4N3. The van der Waals surface area contributed by atoms with Gasteiger partial charge in [0.25, 0.3) is 0 Å². The Labute approximate surface area is 95.5 Å². The SMILES string of the molecule is Fc1cnc(N2CCC(C(F)(F)F)CC2)nc1. The maximum Gasteiger partial charge on any atom is 0.391 e. The minimum Gasteiger partial charge on any atom is -0.341 e. The topological polar surface area (TPSA) is 29.0 Å². The van der Waals surface area contributed by atoms with Crippen LogP contribution >= 0.6 is 0 Å². The van der Waals surface area contributed by atoms with Gasteiger partial charge in [-0.25, -0.2) is 14.4 Å². The first-order chi connectivity index (χ1) is 7.97. The van der Waals surface area contributed by atoms with Gasteiger partial charge in [-0.2, -0.15) is 13.2 Å². The number of hydrogen-bond acceptors (Lipinski definition) is 3. The van der Waals surface area contributed by atoms with Crippen molar-refractivity contribution in [1.82, 2.24) is 9.97 Å². The Morgan fingerprint density at radius 2 is 1.65 bits per heavy atom. The molecule has 1 aliphatic rings. The third-order valence-electron chi connectivity index (χ3n) is 2.85. The van der Waals surface area contributed by atoms with E-state index >= 15 is 0 Å². The Morgan fingerprint density at radius 3 is 2.12 bits per heavy atom. The molecule has 1 saturated heterocycles. The molecular weight excluding hydrogens is 238 g/mol. The fraction of sp³-hybridized carbons (Fsp3) is 0.600. The van der Waals surface area contributed by atoms with E-state index in [4.69, 9.17) is 0 Å². The molecule has 1 fully saturated rings. The van der Waals surface area contributed by atoms with Crippen LogP contribution in [0.25, 0.3) is 0 Å². The summed E-state index contributed by atoms with van der Waals surface area (Å²) in [5, 5.41) is 0. The van der Waals surface area contributed by atoms with E-state index in [2.05, 4.69) is 9.97 Å². The summed E-state index contributed by atoms with van der Waals surface area (Å²) in [4.78, 5) is 9.14. The van der Waals surface area contributed by atoms with Gasteiger partial charge < -0.3 is 4.90 Å². The van der Waals surface area contributed by atoms with Gasteiger partial charge in [-0.05, 0) is 12.8 Å². The third kappa shape index (κ3) is 2.83. The number of alkyl halides is 3. The van der Waals surface area contributed by atoms with E-state index < -0.39 is 17.9 Å². The summed E-state index contributed by atoms with van der Waals surface area (Å²) in [6.45, 7) is 0.492. The Balaban J connectivity index is 1.97. The Morgan fingerprint density at radius 1 is 1.12 bits per heavy atom. The second kappa shape index (κ2) is 4.46. The van der Waals surface area contributed by atoms with Gasteiger partial charge in [0.2, 0.25) is 5.95 Å². The van der Waals surface area contributed by atoms with Crippen molar-refractivity contribution in [2.24, 2.45) is 5.92 Å². The largest absolute Gasteiger partial charge is 0.391 e. The van der Waals surface area contributed by atoms with Crippen molar-refractivity contribution in [2.45, 2.75) is 19.0 Å². The molecule has 0 unspecified atom stereocenters. The van der Waals surface area contributed by atoms with E-state index in [-0.39, 0.29) is 31.9 Å². The summed E-state index contributed by atoms with van der Waals surface area (Å²) in [5.41, 5.74) is 0. The van der Waals surface area contributed by atoms with Gasteiger partial charge >= 0.3 is 6.18 Å². The molecule has 1 aliphatic heterocycles. The quantitative estimate of drug-likeness (QED) is 0.715. The number of aromatic nitrogens is 2. The number of rotatable bonds is 1. The molecule has 0 aliphatic carbocycles. The number of anilines is 1. The molecule has 0 amide bonds. The van der Waals surface area contributed by atoms with Gasteiger partial charge in [-0.1, -0.05) is 0 Å². The molecule has 0 spiro atoms. The molecule has 0 bridgehead atoms. The zero-order valence-electron chi connectivity index (χ0n) is 8.91. The molecule has 1 aromatic rings. The molecule has 7 heteroatoms. The van der Waals surface area contributed by atoms with Crippen LogP contribution in [-0.2, 0) is 0 Å². The van der Waals surface area contributed by atoms with Crippen LogP contribution in [0.5, 0.6) is 0 Å². The molecule has 2 rings (SSSR count). The van der Waals surface area contributed by atoms with Crippen LogP contribution in [-0.4, -0.2) is 29.2 Å². The Bertz CT molecular complexity index is 368. The van der Waals surface area contributed by atoms with Crippen LogP contribution < -0.4 is 4.90 Å². The average molecular weight is 249 g/mol. The molecule has 0 N–H and O–H groups in total. The molecule has 0 radical (unpaired) electrons.